The van der Waals surface area contributed by atoms with Crippen molar-refractivity contribution in [3.63, 3.8) is 0 Å². The first-order valence-electron chi connectivity index (χ1n) is 11.3. The Bertz CT molecular complexity index is 1800. The Labute approximate surface area is 205 Å². The standard InChI is InChI=1S/C32H18BrO/c33-32-25-12-5-4-11-24(25)31(20-8-2-1-3-9-20)28-19-21(14-16-26(28)32)22-15-17-30-27(18-22)23-10-6-7-13-29(23)34-30/h1-4,6-19H/q+1. The van der Waals surface area contributed by atoms with Gasteiger partial charge in [0.1, 0.15) is 34.4 Å². The van der Waals surface area contributed by atoms with E-state index in [0.717, 1.165) is 26.4 Å². The van der Waals surface area contributed by atoms with E-state index in [9.17, 15) is 0 Å². The highest BCUT2D eigenvalue weighted by molar-refractivity contribution is 9.10. The fraction of sp³-hybridized carbons (Fsp3) is 0. The molecule has 1 heterocycles. The Morgan fingerprint density at radius 1 is 0.588 bits per heavy atom. The number of allylic oxidation sites excluding steroid dienone is 2. The van der Waals surface area contributed by atoms with Crippen molar-refractivity contribution < 1.29 is 4.42 Å². The summed E-state index contributed by atoms with van der Waals surface area (Å²) in [7, 11) is 0. The highest BCUT2D eigenvalue weighted by Gasteiger charge is 2.24. The van der Waals surface area contributed by atoms with Gasteiger partial charge in [0.15, 0.2) is 0 Å². The summed E-state index contributed by atoms with van der Waals surface area (Å²) < 4.78 is 7.15. The minimum atomic E-state index is 0.917. The fourth-order valence-corrected chi connectivity index (χ4v) is 5.74. The smallest absolute Gasteiger partial charge is 0.135 e. The second-order valence-corrected chi connectivity index (χ2v) is 9.39. The lowest BCUT2D eigenvalue weighted by molar-refractivity contribution is 0.669. The van der Waals surface area contributed by atoms with E-state index in [-0.39, 0.29) is 0 Å². The molecule has 1 nitrogen and oxygen atoms in total. The molecule has 6 aromatic rings. The molecule has 1 aromatic heterocycles. The van der Waals surface area contributed by atoms with Gasteiger partial charge in [-0.05, 0) is 62.3 Å². The minimum absolute atomic E-state index is 0.917. The maximum Gasteiger partial charge on any atom is 0.135 e. The lowest BCUT2D eigenvalue weighted by Gasteiger charge is -2.15. The first kappa shape index (κ1) is 19.5. The van der Waals surface area contributed by atoms with Gasteiger partial charge < -0.3 is 4.42 Å². The van der Waals surface area contributed by atoms with Crippen LogP contribution in [-0.4, -0.2) is 0 Å². The molecule has 0 unspecified atom stereocenters. The molecule has 0 bridgehead atoms. The van der Waals surface area contributed by atoms with E-state index < -0.39 is 0 Å². The van der Waals surface area contributed by atoms with Crippen molar-refractivity contribution in [2.45, 2.75) is 0 Å². The normalized spacial score (nSPS) is 12.4. The van der Waals surface area contributed by atoms with E-state index in [4.69, 9.17) is 4.42 Å². The highest BCUT2D eigenvalue weighted by Crippen LogP contribution is 2.44. The molecule has 0 spiro atoms. The molecule has 0 atom stereocenters. The Morgan fingerprint density at radius 2 is 1.32 bits per heavy atom. The van der Waals surface area contributed by atoms with E-state index >= 15 is 0 Å². The van der Waals surface area contributed by atoms with Crippen molar-refractivity contribution in [3.05, 3.63) is 119 Å². The Balaban J connectivity index is 1.52. The molecule has 5 aromatic carbocycles. The van der Waals surface area contributed by atoms with Gasteiger partial charge >= 0.3 is 0 Å². The molecule has 1 aliphatic carbocycles. The van der Waals surface area contributed by atoms with Gasteiger partial charge in [-0.25, -0.2) is 0 Å². The number of halogens is 1. The van der Waals surface area contributed by atoms with Crippen LogP contribution in [0, 0.1) is 6.08 Å². The zero-order valence-electron chi connectivity index (χ0n) is 18.2. The van der Waals surface area contributed by atoms with Crippen LogP contribution >= 0.6 is 15.9 Å². The van der Waals surface area contributed by atoms with Crippen molar-refractivity contribution in [2.75, 3.05) is 0 Å². The summed E-state index contributed by atoms with van der Waals surface area (Å²) in [6, 6.07) is 32.1. The van der Waals surface area contributed by atoms with Crippen molar-refractivity contribution >= 4 is 60.8 Å². The molecule has 158 valence electrons. The van der Waals surface area contributed by atoms with Gasteiger partial charge in [-0.2, -0.15) is 0 Å². The summed E-state index contributed by atoms with van der Waals surface area (Å²) in [5, 5.41) is 4.72. The third-order valence-electron chi connectivity index (χ3n) is 6.67. The number of benzene rings is 5. The molecule has 0 N–H and O–H groups in total. The molecule has 0 saturated carbocycles. The number of rotatable bonds is 2. The van der Waals surface area contributed by atoms with Crippen LogP contribution in [-0.2, 0) is 0 Å². The zero-order chi connectivity index (χ0) is 22.6. The van der Waals surface area contributed by atoms with Crippen LogP contribution in [0.4, 0.5) is 0 Å². The van der Waals surface area contributed by atoms with E-state index in [1.807, 2.05) is 18.2 Å². The summed E-state index contributed by atoms with van der Waals surface area (Å²) in [4.78, 5) is 0. The predicted octanol–water partition coefficient (Wildman–Crippen LogP) is 9.68. The molecule has 7 rings (SSSR count). The van der Waals surface area contributed by atoms with Crippen LogP contribution < -0.4 is 0 Å². The lowest BCUT2D eigenvalue weighted by Crippen LogP contribution is -1.95. The van der Waals surface area contributed by atoms with Gasteiger partial charge in [0.05, 0.1) is 10.5 Å². The Hall–Kier alpha value is -3.97. The summed E-state index contributed by atoms with van der Waals surface area (Å²) in [5.41, 5.74) is 9.06. The second kappa shape index (κ2) is 7.53. The quantitative estimate of drug-likeness (QED) is 0.217. The van der Waals surface area contributed by atoms with E-state index in [2.05, 4.69) is 113 Å². The predicted molar refractivity (Wildman–Crippen MR) is 147 cm³/mol. The van der Waals surface area contributed by atoms with Crippen LogP contribution in [0.15, 0.2) is 106 Å². The van der Waals surface area contributed by atoms with E-state index in [1.165, 1.54) is 44.2 Å². The van der Waals surface area contributed by atoms with Crippen molar-refractivity contribution in [1.82, 2.24) is 0 Å². The van der Waals surface area contributed by atoms with Gasteiger partial charge in [-0.15, -0.1) is 0 Å². The van der Waals surface area contributed by atoms with E-state index in [1.54, 1.807) is 0 Å². The van der Waals surface area contributed by atoms with Crippen molar-refractivity contribution in [3.8, 4) is 22.3 Å². The number of para-hydroxylation sites is 1. The number of hydrogen-bond donors (Lipinski definition) is 0. The molecule has 2 heteroatoms. The van der Waals surface area contributed by atoms with Crippen LogP contribution in [0.3, 0.4) is 0 Å². The molecule has 34 heavy (non-hydrogen) atoms. The highest BCUT2D eigenvalue weighted by atomic mass is 79.9. The summed E-state index contributed by atoms with van der Waals surface area (Å²) in [6.07, 6.45) is 9.47. The van der Waals surface area contributed by atoms with Gasteiger partial charge in [0, 0.05) is 27.8 Å². The molecular weight excluding hydrogens is 480 g/mol. The molecule has 0 aliphatic heterocycles. The lowest BCUT2D eigenvalue weighted by atomic mass is 9.86. The maximum atomic E-state index is 6.05. The number of fused-ring (bicyclic) bond motifs is 5. The van der Waals surface area contributed by atoms with Crippen LogP contribution in [0.5, 0.6) is 0 Å². The topological polar surface area (TPSA) is 13.1 Å². The fourth-order valence-electron chi connectivity index (χ4n) is 5.06. The van der Waals surface area contributed by atoms with Crippen LogP contribution in [0.2, 0.25) is 0 Å². The Kier molecular flexibility index (Phi) is 4.32. The molecule has 0 radical (unpaired) electrons. The van der Waals surface area contributed by atoms with Crippen molar-refractivity contribution in [2.24, 2.45) is 0 Å². The summed E-state index contributed by atoms with van der Waals surface area (Å²) in [6.45, 7) is 0. The SMILES string of the molecule is Brc1c2c(c(-c3ccccc3)c3cc(-c4ccc5oc6ccccc6c5c4)ccc13)C=C[C+]=C2. The third-order valence-corrected chi connectivity index (χ3v) is 7.52. The molecular formula is C32H18BrO+. The molecule has 0 fully saturated rings. The largest absolute Gasteiger partial charge is 0.456 e. The number of furan rings is 1. The summed E-state index contributed by atoms with van der Waals surface area (Å²) >= 11 is 3.89. The van der Waals surface area contributed by atoms with Crippen molar-refractivity contribution in [1.29, 1.82) is 0 Å². The first-order chi connectivity index (χ1) is 16.8. The van der Waals surface area contributed by atoms with Gasteiger partial charge in [-0.1, -0.05) is 66.7 Å². The molecule has 0 saturated heterocycles. The minimum Gasteiger partial charge on any atom is -0.456 e. The first-order valence-corrected chi connectivity index (χ1v) is 12.1. The maximum absolute atomic E-state index is 6.05. The Morgan fingerprint density at radius 3 is 2.21 bits per heavy atom. The van der Waals surface area contributed by atoms with Gasteiger partial charge in [0.25, 0.3) is 0 Å². The van der Waals surface area contributed by atoms with Crippen LogP contribution in [0.1, 0.15) is 11.1 Å². The zero-order valence-corrected chi connectivity index (χ0v) is 19.8. The van der Waals surface area contributed by atoms with Gasteiger partial charge in [0.2, 0.25) is 0 Å². The van der Waals surface area contributed by atoms with Crippen LogP contribution in [0.25, 0.3) is 67.1 Å². The third kappa shape index (κ3) is 2.90. The molecule has 0 amide bonds. The van der Waals surface area contributed by atoms with E-state index in [0.29, 0.717) is 0 Å². The summed E-state index contributed by atoms with van der Waals surface area (Å²) in [5.74, 6) is 0. The average molecular weight is 498 g/mol. The number of hydrogen-bond acceptors (Lipinski definition) is 1. The van der Waals surface area contributed by atoms with Gasteiger partial charge in [-0.3, -0.25) is 0 Å². The molecule has 1 aliphatic rings. The monoisotopic (exact) mass is 497 g/mol. The second-order valence-electron chi connectivity index (χ2n) is 8.60. The average Bonchev–Trinajstić information content (AvgIpc) is 3.27.